The third-order valence-electron chi connectivity index (χ3n) is 5.16. The zero-order valence-electron chi connectivity index (χ0n) is 16.9. The van der Waals surface area contributed by atoms with E-state index in [2.05, 4.69) is 16.0 Å². The number of anilines is 2. The van der Waals surface area contributed by atoms with Crippen LogP contribution in [0.25, 0.3) is 0 Å². The average molecular weight is 395 g/mol. The van der Waals surface area contributed by atoms with Crippen molar-refractivity contribution < 1.29 is 9.59 Å². The minimum Gasteiger partial charge on any atom is -0.338 e. The van der Waals surface area contributed by atoms with Gasteiger partial charge in [0.05, 0.1) is 11.4 Å². The number of hydrogen-bond donors (Lipinski definition) is 3. The standard InChI is InChI=1S/C23H30N4O2/c1-2-17-24-22(28)25-18-13-15-19(16-14-18)26-23(29)27(20-9-5-3-6-10-20)21-11-7-4-8-12-21/h3-12,18-19H,2,13-17H2,1H3,(H,26,29)(H2,24,25,28). The fourth-order valence-electron chi connectivity index (χ4n) is 3.63. The quantitative estimate of drug-likeness (QED) is 0.672. The molecular formula is C23H30N4O2. The summed E-state index contributed by atoms with van der Waals surface area (Å²) in [6, 6.07) is 19.4. The van der Waals surface area contributed by atoms with Gasteiger partial charge in [-0.2, -0.15) is 0 Å². The van der Waals surface area contributed by atoms with Crippen molar-refractivity contribution in [1.29, 1.82) is 0 Å². The molecule has 0 aromatic heterocycles. The van der Waals surface area contributed by atoms with Gasteiger partial charge in [0.25, 0.3) is 0 Å². The lowest BCUT2D eigenvalue weighted by Gasteiger charge is -2.32. The van der Waals surface area contributed by atoms with Crippen LogP contribution in [0.1, 0.15) is 39.0 Å². The Morgan fingerprint density at radius 3 is 1.79 bits per heavy atom. The van der Waals surface area contributed by atoms with Crippen molar-refractivity contribution in [2.45, 2.75) is 51.1 Å². The van der Waals surface area contributed by atoms with Gasteiger partial charge in [-0.05, 0) is 56.4 Å². The number of carbonyl (C=O) groups excluding carboxylic acids is 2. The molecule has 0 spiro atoms. The molecule has 6 heteroatoms. The molecule has 0 heterocycles. The number of para-hydroxylation sites is 2. The van der Waals surface area contributed by atoms with Gasteiger partial charge in [0.2, 0.25) is 0 Å². The first kappa shape index (κ1) is 20.7. The molecule has 0 bridgehead atoms. The fourth-order valence-corrected chi connectivity index (χ4v) is 3.63. The number of nitrogens with zero attached hydrogens (tertiary/aromatic N) is 1. The monoisotopic (exact) mass is 394 g/mol. The summed E-state index contributed by atoms with van der Waals surface area (Å²) in [5, 5.41) is 9.06. The van der Waals surface area contributed by atoms with Gasteiger partial charge in [0.1, 0.15) is 0 Å². The predicted octanol–water partition coefficient (Wildman–Crippen LogP) is 4.55. The fraction of sp³-hybridized carbons (Fsp3) is 0.391. The Bertz CT molecular complexity index is 734. The minimum absolute atomic E-state index is 0.0985. The zero-order valence-corrected chi connectivity index (χ0v) is 16.9. The molecule has 4 amide bonds. The first-order valence-corrected chi connectivity index (χ1v) is 10.4. The summed E-state index contributed by atoms with van der Waals surface area (Å²) >= 11 is 0. The largest absolute Gasteiger partial charge is 0.338 e. The molecule has 29 heavy (non-hydrogen) atoms. The summed E-state index contributed by atoms with van der Waals surface area (Å²) in [5.74, 6) is 0. The van der Waals surface area contributed by atoms with Gasteiger partial charge in [0, 0.05) is 18.6 Å². The molecular weight excluding hydrogens is 364 g/mol. The molecule has 0 saturated heterocycles. The number of benzene rings is 2. The maximum atomic E-state index is 13.1. The maximum absolute atomic E-state index is 13.1. The van der Waals surface area contributed by atoms with Crippen LogP contribution in [0.3, 0.4) is 0 Å². The van der Waals surface area contributed by atoms with Crippen LogP contribution in [0.15, 0.2) is 60.7 Å². The number of rotatable bonds is 6. The molecule has 1 saturated carbocycles. The number of urea groups is 2. The molecule has 0 aliphatic heterocycles. The van der Waals surface area contributed by atoms with Crippen LogP contribution in [-0.4, -0.2) is 30.7 Å². The summed E-state index contributed by atoms with van der Waals surface area (Å²) in [7, 11) is 0. The smallest absolute Gasteiger partial charge is 0.326 e. The molecule has 0 radical (unpaired) electrons. The van der Waals surface area contributed by atoms with E-state index < -0.39 is 0 Å². The highest BCUT2D eigenvalue weighted by atomic mass is 16.2. The third-order valence-corrected chi connectivity index (χ3v) is 5.16. The van der Waals surface area contributed by atoms with E-state index in [0.29, 0.717) is 6.54 Å². The van der Waals surface area contributed by atoms with Crippen LogP contribution < -0.4 is 20.9 Å². The second-order valence-electron chi connectivity index (χ2n) is 7.40. The lowest BCUT2D eigenvalue weighted by Crippen LogP contribution is -2.48. The Kier molecular flexibility index (Phi) is 7.50. The SMILES string of the molecule is CCCNC(=O)NC1CCC(NC(=O)N(c2ccccc2)c2ccccc2)CC1. The Hall–Kier alpha value is -3.02. The molecule has 2 aromatic rings. The van der Waals surface area contributed by atoms with Gasteiger partial charge in [-0.3, -0.25) is 4.90 Å². The number of carbonyl (C=O) groups is 2. The highest BCUT2D eigenvalue weighted by molar-refractivity contribution is 5.99. The van der Waals surface area contributed by atoms with Crippen molar-refractivity contribution in [1.82, 2.24) is 16.0 Å². The number of nitrogens with one attached hydrogen (secondary N) is 3. The van der Waals surface area contributed by atoms with Gasteiger partial charge in [0.15, 0.2) is 0 Å². The van der Waals surface area contributed by atoms with Crippen LogP contribution in [-0.2, 0) is 0 Å². The van der Waals surface area contributed by atoms with Gasteiger partial charge in [-0.25, -0.2) is 9.59 Å². The van der Waals surface area contributed by atoms with Crippen molar-refractivity contribution >= 4 is 23.4 Å². The first-order valence-electron chi connectivity index (χ1n) is 10.4. The van der Waals surface area contributed by atoms with E-state index >= 15 is 0 Å². The topological polar surface area (TPSA) is 73.5 Å². The summed E-state index contributed by atoms with van der Waals surface area (Å²) in [6.45, 7) is 2.72. The molecule has 3 rings (SSSR count). The first-order chi connectivity index (χ1) is 14.2. The molecule has 1 aliphatic rings. The lowest BCUT2D eigenvalue weighted by molar-refractivity contribution is 0.224. The van der Waals surface area contributed by atoms with Crippen molar-refractivity contribution in [3.8, 4) is 0 Å². The second kappa shape index (κ2) is 10.5. The molecule has 0 atom stereocenters. The number of amides is 4. The zero-order chi connectivity index (χ0) is 20.5. The Morgan fingerprint density at radius 2 is 1.31 bits per heavy atom. The molecule has 3 N–H and O–H groups in total. The summed E-state index contributed by atoms with van der Waals surface area (Å²) in [4.78, 5) is 26.7. The van der Waals surface area contributed by atoms with E-state index in [4.69, 9.17) is 0 Å². The molecule has 2 aromatic carbocycles. The number of hydrogen-bond acceptors (Lipinski definition) is 2. The summed E-state index contributed by atoms with van der Waals surface area (Å²) in [6.07, 6.45) is 4.34. The van der Waals surface area contributed by atoms with Gasteiger partial charge < -0.3 is 16.0 Å². The van der Waals surface area contributed by atoms with Crippen molar-refractivity contribution in [3.63, 3.8) is 0 Å². The van der Waals surface area contributed by atoms with Crippen molar-refractivity contribution in [2.75, 3.05) is 11.4 Å². The second-order valence-corrected chi connectivity index (χ2v) is 7.40. The highest BCUT2D eigenvalue weighted by Crippen LogP contribution is 2.26. The van der Waals surface area contributed by atoms with Crippen LogP contribution in [0, 0.1) is 0 Å². The molecule has 154 valence electrons. The average Bonchev–Trinajstić information content (AvgIpc) is 2.75. The van der Waals surface area contributed by atoms with Gasteiger partial charge >= 0.3 is 12.1 Å². The molecule has 1 aliphatic carbocycles. The van der Waals surface area contributed by atoms with E-state index in [0.717, 1.165) is 43.5 Å². The third kappa shape index (κ3) is 5.98. The van der Waals surface area contributed by atoms with Crippen molar-refractivity contribution in [2.24, 2.45) is 0 Å². The van der Waals surface area contributed by atoms with Crippen LogP contribution in [0.5, 0.6) is 0 Å². The highest BCUT2D eigenvalue weighted by Gasteiger charge is 2.26. The Labute approximate surface area is 172 Å². The maximum Gasteiger partial charge on any atom is 0.326 e. The molecule has 0 unspecified atom stereocenters. The van der Waals surface area contributed by atoms with Crippen molar-refractivity contribution in [3.05, 3.63) is 60.7 Å². The van der Waals surface area contributed by atoms with E-state index in [1.807, 2.05) is 67.6 Å². The Morgan fingerprint density at radius 1 is 0.828 bits per heavy atom. The molecule has 1 fully saturated rings. The van der Waals surface area contributed by atoms with Gasteiger partial charge in [-0.1, -0.05) is 43.3 Å². The van der Waals surface area contributed by atoms with Crippen LogP contribution in [0.2, 0.25) is 0 Å². The molecule has 6 nitrogen and oxygen atoms in total. The van der Waals surface area contributed by atoms with E-state index in [-0.39, 0.29) is 24.1 Å². The Balaban J connectivity index is 1.58. The lowest BCUT2D eigenvalue weighted by atomic mass is 9.91. The van der Waals surface area contributed by atoms with E-state index in [1.54, 1.807) is 4.90 Å². The minimum atomic E-state index is -0.125. The normalized spacial score (nSPS) is 18.5. The summed E-state index contributed by atoms with van der Waals surface area (Å²) < 4.78 is 0. The van der Waals surface area contributed by atoms with Crippen LogP contribution >= 0.6 is 0 Å². The van der Waals surface area contributed by atoms with E-state index in [1.165, 1.54) is 0 Å². The van der Waals surface area contributed by atoms with Gasteiger partial charge in [-0.15, -0.1) is 0 Å². The van der Waals surface area contributed by atoms with Crippen LogP contribution in [0.4, 0.5) is 21.0 Å². The summed E-state index contributed by atoms with van der Waals surface area (Å²) in [5.41, 5.74) is 1.67. The predicted molar refractivity (Wildman–Crippen MR) is 116 cm³/mol. The van der Waals surface area contributed by atoms with E-state index in [9.17, 15) is 9.59 Å².